The van der Waals surface area contributed by atoms with E-state index in [0.29, 0.717) is 27.6 Å². The van der Waals surface area contributed by atoms with Gasteiger partial charge in [-0.25, -0.2) is 0 Å². The van der Waals surface area contributed by atoms with Crippen molar-refractivity contribution >= 4 is 34.7 Å². The van der Waals surface area contributed by atoms with Crippen LogP contribution in [0.15, 0.2) is 84.4 Å². The third kappa shape index (κ3) is 3.44. The average molecular weight is 420 g/mol. The van der Waals surface area contributed by atoms with Crippen LogP contribution in [0.2, 0.25) is 5.02 Å². The summed E-state index contributed by atoms with van der Waals surface area (Å²) in [6.45, 7) is 0. The zero-order valence-corrected chi connectivity index (χ0v) is 16.8. The Hall–Kier alpha value is -3.57. The molecule has 1 amide bonds. The number of amides is 1. The largest absolute Gasteiger partial charge is 0.507 e. The number of anilines is 1. The van der Waals surface area contributed by atoms with E-state index >= 15 is 0 Å². The smallest absolute Gasteiger partial charge is 0.300 e. The molecule has 0 bridgehead atoms. The number of rotatable bonds is 4. The van der Waals surface area contributed by atoms with Crippen molar-refractivity contribution in [2.24, 2.45) is 0 Å². The van der Waals surface area contributed by atoms with Gasteiger partial charge in [-0.1, -0.05) is 60.1 Å². The number of ether oxygens (including phenoxy) is 1. The number of aliphatic hydroxyl groups is 1. The molecule has 0 spiro atoms. The Bertz CT molecular complexity index is 1160. The Morgan fingerprint density at radius 2 is 1.70 bits per heavy atom. The van der Waals surface area contributed by atoms with E-state index in [4.69, 9.17) is 16.3 Å². The van der Waals surface area contributed by atoms with Gasteiger partial charge in [-0.15, -0.1) is 0 Å². The molecule has 0 radical (unpaired) electrons. The van der Waals surface area contributed by atoms with Crippen molar-refractivity contribution in [2.45, 2.75) is 6.04 Å². The topological polar surface area (TPSA) is 66.8 Å². The molecule has 5 nitrogen and oxygen atoms in total. The van der Waals surface area contributed by atoms with Crippen molar-refractivity contribution in [3.05, 3.63) is 101 Å². The molecule has 0 aliphatic carbocycles. The highest BCUT2D eigenvalue weighted by molar-refractivity contribution is 6.51. The molecular weight excluding hydrogens is 402 g/mol. The number of carbonyl (C=O) groups is 2. The molecule has 1 aliphatic heterocycles. The maximum Gasteiger partial charge on any atom is 0.300 e. The van der Waals surface area contributed by atoms with Gasteiger partial charge in [0, 0.05) is 16.3 Å². The van der Waals surface area contributed by atoms with Crippen molar-refractivity contribution in [3.8, 4) is 5.75 Å². The van der Waals surface area contributed by atoms with Gasteiger partial charge in [0.1, 0.15) is 11.5 Å². The fraction of sp³-hybridized carbons (Fsp3) is 0.0833. The predicted molar refractivity (Wildman–Crippen MR) is 116 cm³/mol. The molecule has 1 atom stereocenters. The monoisotopic (exact) mass is 419 g/mol. The number of aliphatic hydroxyl groups excluding tert-OH is 1. The van der Waals surface area contributed by atoms with Crippen molar-refractivity contribution in [3.63, 3.8) is 0 Å². The van der Waals surface area contributed by atoms with Crippen molar-refractivity contribution in [1.29, 1.82) is 0 Å². The first-order chi connectivity index (χ1) is 14.5. The van der Waals surface area contributed by atoms with E-state index in [0.717, 1.165) is 0 Å². The van der Waals surface area contributed by atoms with Gasteiger partial charge < -0.3 is 9.84 Å². The first-order valence-electron chi connectivity index (χ1n) is 9.27. The molecule has 30 heavy (non-hydrogen) atoms. The van der Waals surface area contributed by atoms with Crippen LogP contribution in [0.3, 0.4) is 0 Å². The van der Waals surface area contributed by atoms with E-state index in [1.807, 2.05) is 30.3 Å². The second-order valence-corrected chi connectivity index (χ2v) is 7.23. The molecule has 1 unspecified atom stereocenters. The molecule has 3 aromatic carbocycles. The number of nitrogens with zero attached hydrogens (tertiary/aromatic N) is 1. The second kappa shape index (κ2) is 8.05. The van der Waals surface area contributed by atoms with Crippen LogP contribution in [0.1, 0.15) is 17.2 Å². The van der Waals surface area contributed by atoms with E-state index < -0.39 is 17.7 Å². The normalized spacial score (nSPS) is 17.9. The molecule has 1 heterocycles. The third-order valence-corrected chi connectivity index (χ3v) is 5.22. The van der Waals surface area contributed by atoms with Gasteiger partial charge >= 0.3 is 0 Å². The fourth-order valence-corrected chi connectivity index (χ4v) is 3.79. The fourth-order valence-electron chi connectivity index (χ4n) is 3.60. The van der Waals surface area contributed by atoms with Crippen LogP contribution in [-0.4, -0.2) is 23.9 Å². The van der Waals surface area contributed by atoms with Gasteiger partial charge in [0.15, 0.2) is 0 Å². The zero-order chi connectivity index (χ0) is 21.3. The molecule has 1 saturated heterocycles. The SMILES string of the molecule is COc1cccc(/C(O)=C2\C(=O)C(=O)N(c3cccc(Cl)c3)C2c2ccccc2)c1. The number of ketones is 1. The Morgan fingerprint density at radius 1 is 0.967 bits per heavy atom. The molecule has 150 valence electrons. The van der Waals surface area contributed by atoms with Crippen LogP contribution in [0, 0.1) is 0 Å². The molecule has 1 N–H and O–H groups in total. The maximum atomic E-state index is 13.1. The molecule has 1 fully saturated rings. The lowest BCUT2D eigenvalue weighted by Crippen LogP contribution is -2.29. The molecule has 1 aliphatic rings. The number of Topliss-reactive ketones (excluding diaryl/α,β-unsaturated/α-hetero) is 1. The Morgan fingerprint density at radius 3 is 2.40 bits per heavy atom. The summed E-state index contributed by atoms with van der Waals surface area (Å²) in [6, 6.07) is 21.7. The average Bonchev–Trinajstić information content (AvgIpc) is 3.04. The van der Waals surface area contributed by atoms with Gasteiger partial charge in [0.25, 0.3) is 11.7 Å². The van der Waals surface area contributed by atoms with Crippen LogP contribution in [0.25, 0.3) is 5.76 Å². The number of carbonyl (C=O) groups excluding carboxylic acids is 2. The summed E-state index contributed by atoms with van der Waals surface area (Å²) in [4.78, 5) is 27.5. The first-order valence-corrected chi connectivity index (χ1v) is 9.65. The minimum absolute atomic E-state index is 0.0134. The Balaban J connectivity index is 1.94. The summed E-state index contributed by atoms with van der Waals surface area (Å²) >= 11 is 6.13. The molecule has 0 aromatic heterocycles. The van der Waals surface area contributed by atoms with E-state index in [9.17, 15) is 14.7 Å². The summed E-state index contributed by atoms with van der Waals surface area (Å²) < 4.78 is 5.22. The van der Waals surface area contributed by atoms with Crippen molar-refractivity contribution in [2.75, 3.05) is 12.0 Å². The van der Waals surface area contributed by atoms with Crippen LogP contribution in [-0.2, 0) is 9.59 Å². The van der Waals surface area contributed by atoms with E-state index in [1.165, 1.54) is 12.0 Å². The lowest BCUT2D eigenvalue weighted by Gasteiger charge is -2.25. The van der Waals surface area contributed by atoms with Crippen molar-refractivity contribution in [1.82, 2.24) is 0 Å². The van der Waals surface area contributed by atoms with Crippen LogP contribution in [0.5, 0.6) is 5.75 Å². The van der Waals surface area contributed by atoms with Gasteiger partial charge in [0.2, 0.25) is 0 Å². The minimum atomic E-state index is -0.795. The van der Waals surface area contributed by atoms with E-state index in [2.05, 4.69) is 0 Å². The zero-order valence-electron chi connectivity index (χ0n) is 16.1. The molecular formula is C24H18ClNO4. The van der Waals surface area contributed by atoms with E-state index in [1.54, 1.807) is 48.5 Å². The predicted octanol–water partition coefficient (Wildman–Crippen LogP) is 4.97. The van der Waals surface area contributed by atoms with Crippen LogP contribution >= 0.6 is 11.6 Å². The number of halogens is 1. The number of benzene rings is 3. The number of methoxy groups -OCH3 is 1. The molecule has 0 saturated carbocycles. The lowest BCUT2D eigenvalue weighted by atomic mass is 9.95. The van der Waals surface area contributed by atoms with Crippen LogP contribution < -0.4 is 9.64 Å². The molecule has 4 rings (SSSR count). The summed E-state index contributed by atoms with van der Waals surface area (Å²) in [6.07, 6.45) is 0. The van der Waals surface area contributed by atoms with Gasteiger partial charge in [-0.3, -0.25) is 14.5 Å². The second-order valence-electron chi connectivity index (χ2n) is 6.79. The highest BCUT2D eigenvalue weighted by Crippen LogP contribution is 2.42. The quantitative estimate of drug-likeness (QED) is 0.368. The Kier molecular flexibility index (Phi) is 5.29. The lowest BCUT2D eigenvalue weighted by molar-refractivity contribution is -0.132. The van der Waals surface area contributed by atoms with Crippen molar-refractivity contribution < 1.29 is 19.4 Å². The summed E-state index contributed by atoms with van der Waals surface area (Å²) in [7, 11) is 1.52. The summed E-state index contributed by atoms with van der Waals surface area (Å²) in [5.41, 5.74) is 1.57. The first kappa shape index (κ1) is 19.7. The molecule has 6 heteroatoms. The summed E-state index contributed by atoms with van der Waals surface area (Å²) in [5.74, 6) is -1.22. The van der Waals surface area contributed by atoms with Crippen LogP contribution in [0.4, 0.5) is 5.69 Å². The van der Waals surface area contributed by atoms with E-state index in [-0.39, 0.29) is 11.3 Å². The number of hydrogen-bond acceptors (Lipinski definition) is 4. The molecule has 3 aromatic rings. The summed E-state index contributed by atoms with van der Waals surface area (Å²) in [5, 5.41) is 11.5. The maximum absolute atomic E-state index is 13.1. The third-order valence-electron chi connectivity index (χ3n) is 4.99. The van der Waals surface area contributed by atoms with Gasteiger partial charge in [-0.05, 0) is 35.9 Å². The Labute approximate surface area is 178 Å². The highest BCUT2D eigenvalue weighted by Gasteiger charge is 2.46. The minimum Gasteiger partial charge on any atom is -0.507 e. The number of hydrogen-bond donors (Lipinski definition) is 1. The highest BCUT2D eigenvalue weighted by atomic mass is 35.5. The van der Waals surface area contributed by atoms with Gasteiger partial charge in [-0.2, -0.15) is 0 Å². The standard InChI is InChI=1S/C24H18ClNO4/c1-30-19-12-5-9-16(13-19)22(27)20-21(15-7-3-2-4-8-15)26(24(29)23(20)28)18-11-6-10-17(25)14-18/h2-14,21,27H,1H3/b22-20+. The van der Waals surface area contributed by atoms with Gasteiger partial charge in [0.05, 0.1) is 18.7 Å².